The largest absolute Gasteiger partial charge is 0.489 e. The third-order valence-electron chi connectivity index (χ3n) is 6.26. The molecule has 3 aromatic rings. The Kier molecular flexibility index (Phi) is 4.62. The second-order valence-corrected chi connectivity index (χ2v) is 8.72. The van der Waals surface area contributed by atoms with Crippen molar-refractivity contribution in [1.82, 2.24) is 0 Å². The van der Waals surface area contributed by atoms with Crippen molar-refractivity contribution in [2.45, 2.75) is 32.9 Å². The Morgan fingerprint density at radius 1 is 1.06 bits per heavy atom. The number of aryl methyl sites for hydroxylation is 2. The molecule has 0 unspecified atom stereocenters. The maximum Gasteiger partial charge on any atom is 0.260 e. The van der Waals surface area contributed by atoms with Crippen molar-refractivity contribution >= 4 is 23.0 Å². The summed E-state index contributed by atoms with van der Waals surface area (Å²) in [5.41, 5.74) is 13.7. The highest BCUT2D eigenvalue weighted by molar-refractivity contribution is 6.12. The zero-order valence-electron chi connectivity index (χ0n) is 18.2. The van der Waals surface area contributed by atoms with Gasteiger partial charge in [-0.3, -0.25) is 4.79 Å². The second-order valence-electron chi connectivity index (χ2n) is 8.72. The van der Waals surface area contributed by atoms with Crippen LogP contribution in [-0.4, -0.2) is 25.5 Å². The van der Waals surface area contributed by atoms with Crippen LogP contribution >= 0.6 is 0 Å². The van der Waals surface area contributed by atoms with E-state index in [-0.39, 0.29) is 11.9 Å². The van der Waals surface area contributed by atoms with E-state index in [2.05, 4.69) is 30.1 Å². The molecular weight excluding hydrogens is 386 g/mol. The number of amides is 1. The quantitative estimate of drug-likeness (QED) is 0.643. The Labute approximate surface area is 183 Å². The Bertz CT molecular complexity index is 1170. The van der Waals surface area contributed by atoms with Crippen LogP contribution in [0.4, 0.5) is 17.1 Å². The fourth-order valence-electron chi connectivity index (χ4n) is 4.88. The van der Waals surface area contributed by atoms with Crippen LogP contribution in [0, 0.1) is 13.8 Å². The number of nitrogens with zero attached hydrogens (tertiary/aromatic N) is 2. The number of benzene rings is 3. The highest BCUT2D eigenvalue weighted by Gasteiger charge is 2.38. The maximum atomic E-state index is 13.6. The van der Waals surface area contributed by atoms with E-state index in [1.54, 1.807) is 0 Å². The molecule has 0 radical (unpaired) electrons. The van der Waals surface area contributed by atoms with Gasteiger partial charge in [-0.05, 0) is 66.8 Å². The number of hydrogen-bond acceptors (Lipinski definition) is 4. The first kappa shape index (κ1) is 19.5. The molecule has 0 bridgehead atoms. The third-order valence-corrected chi connectivity index (χ3v) is 6.26. The molecule has 0 saturated carbocycles. The minimum atomic E-state index is 0.0652. The number of nitrogen functional groups attached to an aromatic ring is 1. The molecule has 0 aliphatic carbocycles. The smallest absolute Gasteiger partial charge is 0.260 e. The average molecular weight is 414 g/mol. The van der Waals surface area contributed by atoms with Gasteiger partial charge in [-0.2, -0.15) is 0 Å². The number of carbonyl (C=O) groups is 1. The van der Waals surface area contributed by atoms with Gasteiger partial charge in [-0.15, -0.1) is 0 Å². The molecule has 5 rings (SSSR count). The SMILES string of the molecule is Cc1cc(N)cc(COc2cc3c(cc2C)C(=O)N2c4ccccc4C[C@H]2CN3C)c1. The molecule has 1 amide bonds. The minimum absolute atomic E-state index is 0.0652. The van der Waals surface area contributed by atoms with Gasteiger partial charge in [0.1, 0.15) is 12.4 Å². The van der Waals surface area contributed by atoms with E-state index in [1.165, 1.54) is 5.56 Å². The number of rotatable bonds is 3. The number of hydrogen-bond donors (Lipinski definition) is 1. The number of ether oxygens (including phenoxy) is 1. The molecule has 5 nitrogen and oxygen atoms in total. The number of anilines is 3. The second kappa shape index (κ2) is 7.34. The molecule has 0 spiro atoms. The van der Waals surface area contributed by atoms with Gasteiger partial charge in [0.25, 0.3) is 5.91 Å². The number of likely N-dealkylation sites (N-methyl/N-ethyl adjacent to an activating group) is 1. The van der Waals surface area contributed by atoms with E-state index >= 15 is 0 Å². The molecule has 1 atom stereocenters. The van der Waals surface area contributed by atoms with Crippen LogP contribution in [0.2, 0.25) is 0 Å². The number of nitrogens with two attached hydrogens (primary N) is 1. The van der Waals surface area contributed by atoms with Crippen LogP contribution in [0.25, 0.3) is 0 Å². The van der Waals surface area contributed by atoms with Gasteiger partial charge >= 0.3 is 0 Å². The first-order chi connectivity index (χ1) is 14.9. The molecule has 2 aliphatic rings. The molecule has 0 fully saturated rings. The molecule has 158 valence electrons. The topological polar surface area (TPSA) is 58.8 Å². The predicted molar refractivity (Wildman–Crippen MR) is 125 cm³/mol. The Morgan fingerprint density at radius 3 is 2.68 bits per heavy atom. The lowest BCUT2D eigenvalue weighted by molar-refractivity contribution is 0.0983. The summed E-state index contributed by atoms with van der Waals surface area (Å²) >= 11 is 0. The first-order valence-electron chi connectivity index (χ1n) is 10.7. The van der Waals surface area contributed by atoms with E-state index < -0.39 is 0 Å². The lowest BCUT2D eigenvalue weighted by Crippen LogP contribution is -2.41. The van der Waals surface area contributed by atoms with Crippen LogP contribution in [0.5, 0.6) is 5.75 Å². The highest BCUT2D eigenvalue weighted by atomic mass is 16.5. The summed E-state index contributed by atoms with van der Waals surface area (Å²) in [4.78, 5) is 17.7. The van der Waals surface area contributed by atoms with Gasteiger partial charge < -0.3 is 20.3 Å². The van der Waals surface area contributed by atoms with Gasteiger partial charge in [0.2, 0.25) is 0 Å². The first-order valence-corrected chi connectivity index (χ1v) is 10.7. The summed E-state index contributed by atoms with van der Waals surface area (Å²) in [5, 5.41) is 0. The number of para-hydroxylation sites is 1. The predicted octanol–water partition coefficient (Wildman–Crippen LogP) is 4.49. The van der Waals surface area contributed by atoms with Crippen molar-refractivity contribution in [2.24, 2.45) is 0 Å². The van der Waals surface area contributed by atoms with Gasteiger partial charge in [-0.1, -0.05) is 24.3 Å². The molecule has 31 heavy (non-hydrogen) atoms. The summed E-state index contributed by atoms with van der Waals surface area (Å²) in [7, 11) is 2.05. The van der Waals surface area contributed by atoms with E-state index in [1.807, 2.05) is 55.1 Å². The average Bonchev–Trinajstić information content (AvgIpc) is 3.04. The lowest BCUT2D eigenvalue weighted by Gasteiger charge is -2.25. The third kappa shape index (κ3) is 3.40. The van der Waals surface area contributed by atoms with E-state index in [0.29, 0.717) is 6.61 Å². The van der Waals surface area contributed by atoms with Crippen molar-refractivity contribution in [3.8, 4) is 5.75 Å². The zero-order valence-corrected chi connectivity index (χ0v) is 18.2. The fourth-order valence-corrected chi connectivity index (χ4v) is 4.88. The van der Waals surface area contributed by atoms with Crippen LogP contribution in [0.3, 0.4) is 0 Å². The molecule has 0 saturated heterocycles. The van der Waals surface area contributed by atoms with Crippen LogP contribution in [0.1, 0.15) is 32.6 Å². The van der Waals surface area contributed by atoms with Crippen LogP contribution in [0.15, 0.2) is 54.6 Å². The summed E-state index contributed by atoms with van der Waals surface area (Å²) in [5.74, 6) is 0.858. The van der Waals surface area contributed by atoms with E-state index in [9.17, 15) is 4.79 Å². The molecule has 3 aromatic carbocycles. The van der Waals surface area contributed by atoms with Crippen LogP contribution < -0.4 is 20.3 Å². The zero-order chi connectivity index (χ0) is 21.7. The van der Waals surface area contributed by atoms with Crippen molar-refractivity contribution in [3.63, 3.8) is 0 Å². The van der Waals surface area contributed by atoms with Crippen molar-refractivity contribution in [2.75, 3.05) is 29.1 Å². The Balaban J connectivity index is 1.48. The summed E-state index contributed by atoms with van der Waals surface area (Å²) < 4.78 is 6.17. The Hall–Kier alpha value is -3.47. The van der Waals surface area contributed by atoms with Crippen LogP contribution in [-0.2, 0) is 13.0 Å². The van der Waals surface area contributed by atoms with Gasteiger partial charge in [0.15, 0.2) is 0 Å². The normalized spacial score (nSPS) is 17.1. The molecule has 2 heterocycles. The molecule has 2 aliphatic heterocycles. The fraction of sp³-hybridized carbons (Fsp3) is 0.269. The summed E-state index contributed by atoms with van der Waals surface area (Å²) in [6.07, 6.45) is 0.886. The van der Waals surface area contributed by atoms with Crippen molar-refractivity contribution in [3.05, 3.63) is 82.4 Å². The number of fused-ring (bicyclic) bond motifs is 4. The van der Waals surface area contributed by atoms with E-state index in [4.69, 9.17) is 10.5 Å². The van der Waals surface area contributed by atoms with Crippen molar-refractivity contribution < 1.29 is 9.53 Å². The Morgan fingerprint density at radius 2 is 1.87 bits per heavy atom. The van der Waals surface area contributed by atoms with Gasteiger partial charge in [-0.25, -0.2) is 0 Å². The lowest BCUT2D eigenvalue weighted by atomic mass is 10.1. The standard InChI is InChI=1S/C26H27N3O2/c1-16-8-18(11-20(27)9-16)15-31-25-13-24-22(10-17(25)2)26(30)29-21(14-28(24)3)12-19-6-4-5-7-23(19)29/h4-11,13,21H,12,14-15,27H2,1-3H3/t21-/m0/s1. The summed E-state index contributed by atoms with van der Waals surface area (Å²) in [6.45, 7) is 5.24. The maximum absolute atomic E-state index is 13.6. The monoisotopic (exact) mass is 413 g/mol. The molecular formula is C26H27N3O2. The van der Waals surface area contributed by atoms with Gasteiger partial charge in [0.05, 0.1) is 17.3 Å². The van der Waals surface area contributed by atoms with E-state index in [0.717, 1.165) is 58.0 Å². The van der Waals surface area contributed by atoms with Gasteiger partial charge in [0, 0.05) is 31.0 Å². The highest BCUT2D eigenvalue weighted by Crippen LogP contribution is 2.39. The minimum Gasteiger partial charge on any atom is -0.489 e. The summed E-state index contributed by atoms with van der Waals surface area (Å²) in [6, 6.07) is 18.3. The number of carbonyl (C=O) groups excluding carboxylic acids is 1. The molecule has 5 heteroatoms. The molecule has 0 aromatic heterocycles. The molecule has 2 N–H and O–H groups in total. The van der Waals surface area contributed by atoms with Crippen molar-refractivity contribution in [1.29, 1.82) is 0 Å².